The van der Waals surface area contributed by atoms with Gasteiger partial charge in [-0.2, -0.15) is 0 Å². The van der Waals surface area contributed by atoms with E-state index in [9.17, 15) is 9.59 Å². The predicted molar refractivity (Wildman–Crippen MR) is 88.1 cm³/mol. The number of para-hydroxylation sites is 1. The van der Waals surface area contributed by atoms with Crippen molar-refractivity contribution in [3.63, 3.8) is 0 Å². The van der Waals surface area contributed by atoms with Crippen LogP contribution in [0.2, 0.25) is 0 Å². The molecule has 3 rings (SSSR count). The molecule has 0 saturated heterocycles. The van der Waals surface area contributed by atoms with Gasteiger partial charge in [-0.1, -0.05) is 18.2 Å². The van der Waals surface area contributed by atoms with E-state index in [1.165, 1.54) is 6.26 Å². The number of furan rings is 2. The van der Waals surface area contributed by atoms with Crippen molar-refractivity contribution in [2.75, 3.05) is 6.54 Å². The second-order valence-electron chi connectivity index (χ2n) is 5.37. The lowest BCUT2D eigenvalue weighted by atomic mass is 10.2. The van der Waals surface area contributed by atoms with Gasteiger partial charge in [0, 0.05) is 18.4 Å². The smallest absolute Gasteiger partial charge is 0.309 e. The summed E-state index contributed by atoms with van der Waals surface area (Å²) in [6.45, 7) is 0.599. The molecule has 0 bridgehead atoms. The molecule has 2 amide bonds. The van der Waals surface area contributed by atoms with Crippen molar-refractivity contribution >= 4 is 22.8 Å². The number of hydrogen-bond donors (Lipinski definition) is 2. The van der Waals surface area contributed by atoms with Gasteiger partial charge in [-0.3, -0.25) is 9.59 Å². The van der Waals surface area contributed by atoms with Crippen molar-refractivity contribution in [3.8, 4) is 0 Å². The number of nitrogens with one attached hydrogen (secondary N) is 2. The highest BCUT2D eigenvalue weighted by Crippen LogP contribution is 2.19. The molecule has 2 N–H and O–H groups in total. The van der Waals surface area contributed by atoms with Crippen LogP contribution >= 0.6 is 0 Å². The number of aryl methyl sites for hydroxylation is 1. The number of benzene rings is 1. The molecule has 6 heteroatoms. The maximum atomic E-state index is 11.7. The van der Waals surface area contributed by atoms with Crippen molar-refractivity contribution < 1.29 is 18.4 Å². The molecule has 2 aromatic heterocycles. The number of rotatable bonds is 6. The minimum absolute atomic E-state index is 0.193. The van der Waals surface area contributed by atoms with Gasteiger partial charge in [-0.25, -0.2) is 0 Å². The lowest BCUT2D eigenvalue weighted by molar-refractivity contribution is -0.139. The van der Waals surface area contributed by atoms with Crippen molar-refractivity contribution in [2.45, 2.75) is 19.4 Å². The molecule has 3 aromatic rings. The standard InChI is InChI=1S/C18H18N2O4/c21-17(18(22)20-12-15-7-4-10-23-15)19-9-3-6-14-11-13-5-1-2-8-16(13)24-14/h1-2,4-5,7-8,10-11H,3,6,9,12H2,(H,19,21)(H,20,22). The van der Waals surface area contributed by atoms with Crippen LogP contribution in [0.3, 0.4) is 0 Å². The van der Waals surface area contributed by atoms with Crippen LogP contribution < -0.4 is 10.6 Å². The summed E-state index contributed by atoms with van der Waals surface area (Å²) in [6.07, 6.45) is 2.90. The molecule has 1 aromatic carbocycles. The molecular formula is C18H18N2O4. The van der Waals surface area contributed by atoms with Gasteiger partial charge < -0.3 is 19.5 Å². The summed E-state index contributed by atoms with van der Waals surface area (Å²) in [6, 6.07) is 13.2. The molecule has 124 valence electrons. The van der Waals surface area contributed by atoms with E-state index in [4.69, 9.17) is 8.83 Å². The molecule has 0 aliphatic rings. The van der Waals surface area contributed by atoms with Crippen LogP contribution in [0.1, 0.15) is 17.9 Å². The molecule has 0 unspecified atom stereocenters. The molecule has 0 radical (unpaired) electrons. The van der Waals surface area contributed by atoms with E-state index >= 15 is 0 Å². The first-order valence-electron chi connectivity index (χ1n) is 7.78. The van der Waals surface area contributed by atoms with Gasteiger partial charge in [0.25, 0.3) is 0 Å². The average molecular weight is 326 g/mol. The molecule has 24 heavy (non-hydrogen) atoms. The first-order chi connectivity index (χ1) is 11.7. The van der Waals surface area contributed by atoms with Crippen molar-refractivity contribution in [1.29, 1.82) is 0 Å². The fraction of sp³-hybridized carbons (Fsp3) is 0.222. The quantitative estimate of drug-likeness (QED) is 0.538. The van der Waals surface area contributed by atoms with Crippen LogP contribution in [-0.2, 0) is 22.6 Å². The van der Waals surface area contributed by atoms with Crippen LogP contribution in [0.25, 0.3) is 11.0 Å². The Labute approximate surface area is 138 Å². The van der Waals surface area contributed by atoms with Crippen molar-refractivity contribution in [1.82, 2.24) is 10.6 Å². The van der Waals surface area contributed by atoms with Crippen LogP contribution in [0, 0.1) is 0 Å². The average Bonchev–Trinajstić information content (AvgIpc) is 3.25. The Kier molecular flexibility index (Phi) is 4.96. The summed E-state index contributed by atoms with van der Waals surface area (Å²) < 4.78 is 10.8. The van der Waals surface area contributed by atoms with Gasteiger partial charge in [0.05, 0.1) is 12.8 Å². The van der Waals surface area contributed by atoms with E-state index in [1.54, 1.807) is 12.1 Å². The Bertz CT molecular complexity index is 788. The molecule has 0 aliphatic carbocycles. The van der Waals surface area contributed by atoms with E-state index in [0.717, 1.165) is 16.7 Å². The number of amides is 2. The Morgan fingerprint density at radius 3 is 2.58 bits per heavy atom. The summed E-state index contributed by atoms with van der Waals surface area (Å²) >= 11 is 0. The summed E-state index contributed by atoms with van der Waals surface area (Å²) in [7, 11) is 0. The zero-order valence-electron chi connectivity index (χ0n) is 13.1. The van der Waals surface area contributed by atoms with Crippen LogP contribution in [0.4, 0.5) is 0 Å². The molecule has 0 saturated carbocycles. The zero-order chi connectivity index (χ0) is 16.8. The van der Waals surface area contributed by atoms with Crippen LogP contribution in [-0.4, -0.2) is 18.4 Å². The van der Waals surface area contributed by atoms with Gasteiger partial charge in [0.1, 0.15) is 17.1 Å². The van der Waals surface area contributed by atoms with Gasteiger partial charge >= 0.3 is 11.8 Å². The molecule has 0 atom stereocenters. The highest BCUT2D eigenvalue weighted by atomic mass is 16.3. The Morgan fingerprint density at radius 1 is 0.958 bits per heavy atom. The SMILES string of the molecule is O=C(NCCCc1cc2ccccc2o1)C(=O)NCc1ccco1. The normalized spacial score (nSPS) is 10.7. The van der Waals surface area contributed by atoms with Crippen molar-refractivity contribution in [3.05, 3.63) is 60.2 Å². The Balaban J connectivity index is 1.37. The van der Waals surface area contributed by atoms with Crippen LogP contribution in [0.15, 0.2) is 57.6 Å². The Morgan fingerprint density at radius 2 is 1.79 bits per heavy atom. The third-order valence-electron chi connectivity index (χ3n) is 3.57. The highest BCUT2D eigenvalue weighted by molar-refractivity contribution is 6.35. The number of fused-ring (bicyclic) bond motifs is 1. The van der Waals surface area contributed by atoms with Gasteiger partial charge in [0.2, 0.25) is 0 Å². The molecule has 6 nitrogen and oxygen atoms in total. The first-order valence-corrected chi connectivity index (χ1v) is 7.78. The van der Waals surface area contributed by atoms with E-state index < -0.39 is 11.8 Å². The predicted octanol–water partition coefficient (Wildman–Crippen LogP) is 2.39. The maximum Gasteiger partial charge on any atom is 0.309 e. The second kappa shape index (κ2) is 7.50. The summed E-state index contributed by atoms with van der Waals surface area (Å²) in [4.78, 5) is 23.3. The lowest BCUT2D eigenvalue weighted by Gasteiger charge is -2.05. The number of carbonyl (C=O) groups excluding carboxylic acids is 2. The summed E-state index contributed by atoms with van der Waals surface area (Å²) in [5.74, 6) is 0.148. The molecule has 0 fully saturated rings. The van der Waals surface area contributed by atoms with Gasteiger partial charge in [-0.05, 0) is 30.7 Å². The van der Waals surface area contributed by atoms with Gasteiger partial charge in [0.15, 0.2) is 0 Å². The third kappa shape index (κ3) is 4.04. The minimum Gasteiger partial charge on any atom is -0.467 e. The summed E-state index contributed by atoms with van der Waals surface area (Å²) in [5.41, 5.74) is 0.855. The monoisotopic (exact) mass is 326 g/mol. The third-order valence-corrected chi connectivity index (χ3v) is 3.57. The molecule has 0 aliphatic heterocycles. The zero-order valence-corrected chi connectivity index (χ0v) is 13.1. The molecule has 2 heterocycles. The van der Waals surface area contributed by atoms with E-state index in [2.05, 4.69) is 10.6 Å². The molecule has 0 spiro atoms. The largest absolute Gasteiger partial charge is 0.467 e. The molecular weight excluding hydrogens is 308 g/mol. The summed E-state index contributed by atoms with van der Waals surface area (Å²) in [5, 5.41) is 6.15. The van der Waals surface area contributed by atoms with E-state index in [1.807, 2.05) is 30.3 Å². The van der Waals surface area contributed by atoms with Gasteiger partial charge in [-0.15, -0.1) is 0 Å². The van der Waals surface area contributed by atoms with Crippen molar-refractivity contribution in [2.24, 2.45) is 0 Å². The Hall–Kier alpha value is -3.02. The number of hydrogen-bond acceptors (Lipinski definition) is 4. The topological polar surface area (TPSA) is 84.5 Å². The lowest BCUT2D eigenvalue weighted by Crippen LogP contribution is -2.39. The fourth-order valence-corrected chi connectivity index (χ4v) is 2.37. The highest BCUT2D eigenvalue weighted by Gasteiger charge is 2.13. The number of carbonyl (C=O) groups is 2. The first kappa shape index (κ1) is 15.9. The maximum absolute atomic E-state index is 11.7. The second-order valence-corrected chi connectivity index (χ2v) is 5.37. The van der Waals surface area contributed by atoms with Crippen LogP contribution in [0.5, 0.6) is 0 Å². The van der Waals surface area contributed by atoms with E-state index in [0.29, 0.717) is 25.1 Å². The van der Waals surface area contributed by atoms with E-state index in [-0.39, 0.29) is 6.54 Å². The minimum atomic E-state index is -0.671. The fourth-order valence-electron chi connectivity index (χ4n) is 2.37.